The van der Waals surface area contributed by atoms with Crippen molar-refractivity contribution in [3.05, 3.63) is 45.9 Å². The number of nitrogens with one attached hydrogen (secondary N) is 1. The Kier molecular flexibility index (Phi) is 5.16. The number of thiophene rings is 1. The molecule has 0 aliphatic rings. The number of carbonyl (C=O) groups is 1. The summed E-state index contributed by atoms with van der Waals surface area (Å²) < 4.78 is 22.9. The van der Waals surface area contributed by atoms with Crippen LogP contribution in [0.1, 0.15) is 9.75 Å². The molecule has 1 aromatic carbocycles. The molecule has 0 saturated carbocycles. The molecule has 0 unspecified atom stereocenters. The van der Waals surface area contributed by atoms with E-state index in [1.54, 1.807) is 6.07 Å². The molecule has 0 saturated heterocycles. The quantitative estimate of drug-likeness (QED) is 0.832. The van der Waals surface area contributed by atoms with Crippen LogP contribution in [0.15, 0.2) is 30.3 Å². The van der Waals surface area contributed by atoms with E-state index in [2.05, 4.69) is 10.1 Å². The van der Waals surface area contributed by atoms with Crippen molar-refractivity contribution in [3.8, 4) is 5.75 Å². The van der Waals surface area contributed by atoms with Crippen LogP contribution in [-0.4, -0.2) is 20.2 Å². The average molecular weight is 309 g/mol. The molecular weight excluding hydrogens is 293 g/mol. The summed E-state index contributed by atoms with van der Waals surface area (Å²) in [5.74, 6) is -0.133. The van der Waals surface area contributed by atoms with Crippen LogP contribution in [0, 0.1) is 5.82 Å². The summed E-state index contributed by atoms with van der Waals surface area (Å²) in [5.41, 5.74) is 0.724. The van der Waals surface area contributed by atoms with Crippen LogP contribution in [0.3, 0.4) is 0 Å². The SMILES string of the molecule is COC(=O)Cc1ccc(CNc2ccc(F)cc2OC)s1. The zero-order valence-corrected chi connectivity index (χ0v) is 12.6. The maximum atomic E-state index is 13.1. The van der Waals surface area contributed by atoms with E-state index in [1.807, 2.05) is 12.1 Å². The number of rotatable bonds is 6. The molecule has 0 fully saturated rings. The summed E-state index contributed by atoms with van der Waals surface area (Å²) >= 11 is 1.53. The van der Waals surface area contributed by atoms with Gasteiger partial charge in [-0.05, 0) is 24.3 Å². The Morgan fingerprint density at radius 2 is 2.00 bits per heavy atom. The van der Waals surface area contributed by atoms with Crippen LogP contribution in [0.25, 0.3) is 0 Å². The first-order valence-electron chi connectivity index (χ1n) is 6.34. The van der Waals surface area contributed by atoms with Gasteiger partial charge >= 0.3 is 5.97 Å². The highest BCUT2D eigenvalue weighted by molar-refractivity contribution is 7.12. The molecule has 6 heteroatoms. The number of carbonyl (C=O) groups excluding carboxylic acids is 1. The first-order chi connectivity index (χ1) is 10.1. The summed E-state index contributed by atoms with van der Waals surface area (Å²) in [6.45, 7) is 0.577. The second-order valence-corrected chi connectivity index (χ2v) is 5.57. The van der Waals surface area contributed by atoms with E-state index in [0.717, 1.165) is 15.4 Å². The Balaban J connectivity index is 1.98. The summed E-state index contributed by atoms with van der Waals surface area (Å²) in [4.78, 5) is 13.2. The molecule has 2 aromatic rings. The van der Waals surface area contributed by atoms with Gasteiger partial charge in [-0.15, -0.1) is 11.3 Å². The summed E-state index contributed by atoms with van der Waals surface area (Å²) in [5, 5.41) is 3.19. The largest absolute Gasteiger partial charge is 0.494 e. The van der Waals surface area contributed by atoms with Gasteiger partial charge in [-0.1, -0.05) is 0 Å². The van der Waals surface area contributed by atoms with Gasteiger partial charge in [0.1, 0.15) is 11.6 Å². The third kappa shape index (κ3) is 4.19. The van der Waals surface area contributed by atoms with Gasteiger partial charge in [-0.25, -0.2) is 4.39 Å². The third-order valence-corrected chi connectivity index (χ3v) is 3.97. The molecular formula is C15H16FNO3S. The van der Waals surface area contributed by atoms with Gasteiger partial charge in [-0.2, -0.15) is 0 Å². The van der Waals surface area contributed by atoms with Crippen molar-refractivity contribution in [1.82, 2.24) is 0 Å². The van der Waals surface area contributed by atoms with Gasteiger partial charge in [0.25, 0.3) is 0 Å². The molecule has 1 N–H and O–H groups in total. The zero-order valence-electron chi connectivity index (χ0n) is 11.8. The van der Waals surface area contributed by atoms with E-state index in [-0.39, 0.29) is 18.2 Å². The van der Waals surface area contributed by atoms with Crippen LogP contribution in [-0.2, 0) is 22.5 Å². The molecule has 1 aromatic heterocycles. The number of anilines is 1. The molecule has 2 rings (SSSR count). The summed E-state index contributed by atoms with van der Waals surface area (Å²) in [6.07, 6.45) is 0.279. The highest BCUT2D eigenvalue weighted by Crippen LogP contribution is 2.26. The fourth-order valence-corrected chi connectivity index (χ4v) is 2.76. The lowest BCUT2D eigenvalue weighted by molar-refractivity contribution is -0.139. The number of halogens is 1. The van der Waals surface area contributed by atoms with Crippen molar-refractivity contribution in [3.63, 3.8) is 0 Å². The molecule has 0 atom stereocenters. The van der Waals surface area contributed by atoms with Crippen LogP contribution in [0.4, 0.5) is 10.1 Å². The lowest BCUT2D eigenvalue weighted by Gasteiger charge is -2.10. The van der Waals surface area contributed by atoms with E-state index < -0.39 is 0 Å². The molecule has 0 radical (unpaired) electrons. The second-order valence-electron chi connectivity index (χ2n) is 4.32. The number of hydrogen-bond donors (Lipinski definition) is 1. The first-order valence-corrected chi connectivity index (χ1v) is 7.16. The van der Waals surface area contributed by atoms with Gasteiger partial charge in [0.05, 0.1) is 26.3 Å². The third-order valence-electron chi connectivity index (χ3n) is 2.88. The highest BCUT2D eigenvalue weighted by atomic mass is 32.1. The predicted molar refractivity (Wildman–Crippen MR) is 80.3 cm³/mol. The van der Waals surface area contributed by atoms with Crippen LogP contribution >= 0.6 is 11.3 Å². The van der Waals surface area contributed by atoms with Crippen molar-refractivity contribution in [2.75, 3.05) is 19.5 Å². The van der Waals surface area contributed by atoms with Crippen LogP contribution in [0.5, 0.6) is 5.75 Å². The minimum atomic E-state index is -0.339. The molecule has 0 amide bonds. The molecule has 0 aliphatic heterocycles. The molecule has 0 spiro atoms. The summed E-state index contributed by atoms with van der Waals surface area (Å²) in [7, 11) is 2.87. The van der Waals surface area contributed by atoms with E-state index in [4.69, 9.17) is 4.74 Å². The normalized spacial score (nSPS) is 10.2. The number of esters is 1. The van der Waals surface area contributed by atoms with Crippen molar-refractivity contribution in [1.29, 1.82) is 0 Å². The maximum Gasteiger partial charge on any atom is 0.310 e. The Labute approximate surface area is 126 Å². The molecule has 112 valence electrons. The Morgan fingerprint density at radius 1 is 1.24 bits per heavy atom. The van der Waals surface area contributed by atoms with Gasteiger partial charge in [-0.3, -0.25) is 4.79 Å². The fraction of sp³-hybridized carbons (Fsp3) is 0.267. The van der Waals surface area contributed by atoms with Gasteiger partial charge < -0.3 is 14.8 Å². The Bertz CT molecular complexity index is 627. The smallest absolute Gasteiger partial charge is 0.310 e. The van der Waals surface area contributed by atoms with Crippen molar-refractivity contribution < 1.29 is 18.7 Å². The maximum absolute atomic E-state index is 13.1. The Morgan fingerprint density at radius 3 is 2.71 bits per heavy atom. The molecule has 0 bridgehead atoms. The van der Waals surface area contributed by atoms with Crippen LogP contribution in [0.2, 0.25) is 0 Å². The van der Waals surface area contributed by atoms with E-state index in [1.165, 1.54) is 37.7 Å². The minimum absolute atomic E-state index is 0.253. The summed E-state index contributed by atoms with van der Waals surface area (Å²) in [6, 6.07) is 8.20. The second kappa shape index (κ2) is 7.08. The number of methoxy groups -OCH3 is 2. The van der Waals surface area contributed by atoms with Gasteiger partial charge in [0, 0.05) is 22.4 Å². The minimum Gasteiger partial charge on any atom is -0.494 e. The number of ether oxygens (including phenoxy) is 2. The standard InChI is InChI=1S/C15H16FNO3S/c1-19-14-7-10(16)3-6-13(14)17-9-12-5-4-11(21-12)8-15(18)20-2/h3-7,17H,8-9H2,1-2H3. The average Bonchev–Trinajstić information content (AvgIpc) is 2.93. The lowest BCUT2D eigenvalue weighted by Crippen LogP contribution is -2.02. The molecule has 0 aliphatic carbocycles. The van der Waals surface area contributed by atoms with Gasteiger partial charge in [0.2, 0.25) is 0 Å². The van der Waals surface area contributed by atoms with Crippen molar-refractivity contribution in [2.24, 2.45) is 0 Å². The van der Waals surface area contributed by atoms with Crippen LogP contribution < -0.4 is 10.1 Å². The van der Waals surface area contributed by atoms with Crippen molar-refractivity contribution >= 4 is 23.0 Å². The number of benzene rings is 1. The van der Waals surface area contributed by atoms with Gasteiger partial charge in [0.15, 0.2) is 0 Å². The number of hydrogen-bond acceptors (Lipinski definition) is 5. The molecule has 21 heavy (non-hydrogen) atoms. The Hall–Kier alpha value is -2.08. The highest BCUT2D eigenvalue weighted by Gasteiger charge is 2.08. The zero-order chi connectivity index (χ0) is 15.2. The van der Waals surface area contributed by atoms with Crippen molar-refractivity contribution in [2.45, 2.75) is 13.0 Å². The van der Waals surface area contributed by atoms with E-state index in [0.29, 0.717) is 12.3 Å². The molecule has 4 nitrogen and oxygen atoms in total. The lowest BCUT2D eigenvalue weighted by atomic mass is 10.2. The fourth-order valence-electron chi connectivity index (χ4n) is 1.82. The monoisotopic (exact) mass is 309 g/mol. The van der Waals surface area contributed by atoms with E-state index in [9.17, 15) is 9.18 Å². The molecule has 1 heterocycles. The predicted octanol–water partition coefficient (Wildman–Crippen LogP) is 3.22. The van der Waals surface area contributed by atoms with E-state index >= 15 is 0 Å². The topological polar surface area (TPSA) is 47.6 Å². The first kappa shape index (κ1) is 15.3.